The number of esters is 1. The van der Waals surface area contributed by atoms with Crippen LogP contribution in [-0.2, 0) is 19.9 Å². The number of carbonyl (C=O) groups excluding carboxylic acids is 1. The monoisotopic (exact) mass is 170 g/mol. The number of halogens is 1. The van der Waals surface area contributed by atoms with Gasteiger partial charge in [-0.3, -0.25) is 4.79 Å². The number of hydrogen-bond donors (Lipinski definition) is 0. The summed E-state index contributed by atoms with van der Waals surface area (Å²) in [6.07, 6.45) is 0.118. The number of ether oxygens (including phenoxy) is 1. The van der Waals surface area contributed by atoms with Gasteiger partial charge in [0, 0.05) is 0 Å². The molecule has 0 fully saturated rings. The SMILES string of the molecule is COC(=O)CC[S+]([O-])Cl. The molecular weight excluding hydrogens is 164 g/mol. The van der Waals surface area contributed by atoms with Gasteiger partial charge in [-0.25, -0.2) is 0 Å². The maximum atomic E-state index is 10.3. The fourth-order valence-corrected chi connectivity index (χ4v) is 0.824. The van der Waals surface area contributed by atoms with Crippen LogP contribution in [-0.4, -0.2) is 23.4 Å². The van der Waals surface area contributed by atoms with Crippen LogP contribution in [0.2, 0.25) is 0 Å². The van der Waals surface area contributed by atoms with Gasteiger partial charge < -0.3 is 9.29 Å². The first kappa shape index (κ1) is 9.07. The molecule has 0 N–H and O–H groups in total. The van der Waals surface area contributed by atoms with Crippen LogP contribution in [0.15, 0.2) is 0 Å². The Balaban J connectivity index is 3.17. The van der Waals surface area contributed by atoms with Crippen LogP contribution in [0.25, 0.3) is 0 Å². The number of rotatable bonds is 3. The second-order valence-electron chi connectivity index (χ2n) is 1.32. The minimum atomic E-state index is -1.42. The summed E-state index contributed by atoms with van der Waals surface area (Å²) in [5, 5.41) is 0. The van der Waals surface area contributed by atoms with Gasteiger partial charge in [0.1, 0.15) is 5.75 Å². The van der Waals surface area contributed by atoms with Crippen LogP contribution in [0.5, 0.6) is 0 Å². The van der Waals surface area contributed by atoms with Gasteiger partial charge in [0.15, 0.2) is 10.7 Å². The summed E-state index contributed by atoms with van der Waals surface area (Å²) in [5.41, 5.74) is 0. The molecule has 0 heterocycles. The zero-order valence-electron chi connectivity index (χ0n) is 4.93. The largest absolute Gasteiger partial charge is 0.599 e. The Labute approximate surface area is 61.0 Å². The molecule has 0 aliphatic rings. The van der Waals surface area contributed by atoms with E-state index < -0.39 is 10.4 Å². The minimum absolute atomic E-state index is 0.118. The Morgan fingerprint density at radius 3 is 2.78 bits per heavy atom. The lowest BCUT2D eigenvalue weighted by molar-refractivity contribution is -0.140. The van der Waals surface area contributed by atoms with Gasteiger partial charge in [-0.05, 0) is 0 Å². The van der Waals surface area contributed by atoms with E-state index in [1.54, 1.807) is 0 Å². The van der Waals surface area contributed by atoms with E-state index in [4.69, 9.17) is 10.7 Å². The predicted molar refractivity (Wildman–Crippen MR) is 35.5 cm³/mol. The molecule has 0 radical (unpaired) electrons. The highest BCUT2D eigenvalue weighted by Gasteiger charge is 2.06. The van der Waals surface area contributed by atoms with Crippen molar-refractivity contribution in [1.82, 2.24) is 0 Å². The van der Waals surface area contributed by atoms with Gasteiger partial charge in [0.2, 0.25) is 0 Å². The highest BCUT2D eigenvalue weighted by Crippen LogP contribution is 1.98. The van der Waals surface area contributed by atoms with E-state index in [2.05, 4.69) is 4.74 Å². The quantitative estimate of drug-likeness (QED) is 0.457. The third kappa shape index (κ3) is 5.95. The van der Waals surface area contributed by atoms with Crippen molar-refractivity contribution < 1.29 is 14.1 Å². The van der Waals surface area contributed by atoms with Crippen LogP contribution in [0.3, 0.4) is 0 Å². The molecule has 0 spiro atoms. The molecule has 0 saturated heterocycles. The first-order chi connectivity index (χ1) is 4.16. The first-order valence-corrected chi connectivity index (χ1v) is 4.42. The summed E-state index contributed by atoms with van der Waals surface area (Å²) >= 11 is 0. The molecule has 0 aliphatic heterocycles. The summed E-state index contributed by atoms with van der Waals surface area (Å²) in [6, 6.07) is 0. The van der Waals surface area contributed by atoms with Crippen LogP contribution >= 0.6 is 10.7 Å². The molecule has 0 aromatic rings. The van der Waals surface area contributed by atoms with Crippen LogP contribution < -0.4 is 0 Å². The van der Waals surface area contributed by atoms with Crippen molar-refractivity contribution in [2.75, 3.05) is 12.9 Å². The van der Waals surface area contributed by atoms with Crippen molar-refractivity contribution >= 4 is 27.0 Å². The maximum absolute atomic E-state index is 10.3. The summed E-state index contributed by atoms with van der Waals surface area (Å²) < 4.78 is 14.4. The zero-order chi connectivity index (χ0) is 7.28. The number of methoxy groups -OCH3 is 1. The highest BCUT2D eigenvalue weighted by molar-refractivity contribution is 8.13. The molecule has 1 unspecified atom stereocenters. The fraction of sp³-hybridized carbons (Fsp3) is 0.750. The van der Waals surface area contributed by atoms with Gasteiger partial charge in [0.25, 0.3) is 0 Å². The summed E-state index contributed by atoms with van der Waals surface area (Å²) in [7, 11) is 4.90. The molecule has 0 aromatic heterocycles. The lowest BCUT2D eigenvalue weighted by Crippen LogP contribution is -2.07. The molecule has 0 bridgehead atoms. The third-order valence-corrected chi connectivity index (χ3v) is 1.68. The summed E-state index contributed by atoms with van der Waals surface area (Å²) in [6.45, 7) is 0. The van der Waals surface area contributed by atoms with Gasteiger partial charge in [-0.1, -0.05) is 0 Å². The normalized spacial score (nSPS) is 12.8. The van der Waals surface area contributed by atoms with Crippen LogP contribution in [0.4, 0.5) is 0 Å². The average molecular weight is 171 g/mol. The fourth-order valence-electron chi connectivity index (χ4n) is 0.266. The highest BCUT2D eigenvalue weighted by atomic mass is 35.7. The zero-order valence-corrected chi connectivity index (χ0v) is 6.50. The molecule has 1 atom stereocenters. The Kier molecular flexibility index (Phi) is 4.94. The molecule has 5 heteroatoms. The molecule has 0 aliphatic carbocycles. The van der Waals surface area contributed by atoms with E-state index in [0.29, 0.717) is 0 Å². The second-order valence-corrected chi connectivity index (χ2v) is 3.34. The van der Waals surface area contributed by atoms with Crippen molar-refractivity contribution in [3.05, 3.63) is 0 Å². The van der Waals surface area contributed by atoms with Crippen molar-refractivity contribution in [2.24, 2.45) is 0 Å². The molecule has 0 amide bonds. The number of hydrogen-bond acceptors (Lipinski definition) is 3. The van der Waals surface area contributed by atoms with Crippen molar-refractivity contribution in [3.8, 4) is 0 Å². The topological polar surface area (TPSA) is 49.4 Å². The lowest BCUT2D eigenvalue weighted by Gasteiger charge is -1.97. The van der Waals surface area contributed by atoms with Gasteiger partial charge in [-0.2, -0.15) is 0 Å². The van der Waals surface area contributed by atoms with Gasteiger partial charge in [-0.15, -0.1) is 0 Å². The molecule has 0 aromatic carbocycles. The van der Waals surface area contributed by atoms with E-state index in [0.717, 1.165) is 0 Å². The smallest absolute Gasteiger partial charge is 0.310 e. The molecule has 3 nitrogen and oxygen atoms in total. The molecule has 0 rings (SSSR count). The maximum Gasteiger partial charge on any atom is 0.310 e. The first-order valence-electron chi connectivity index (χ1n) is 2.28. The number of carbonyl (C=O) groups is 1. The third-order valence-electron chi connectivity index (χ3n) is 0.694. The van der Waals surface area contributed by atoms with E-state index in [9.17, 15) is 9.35 Å². The summed E-state index contributed by atoms with van der Waals surface area (Å²) in [4.78, 5) is 10.3. The van der Waals surface area contributed by atoms with E-state index >= 15 is 0 Å². The van der Waals surface area contributed by atoms with E-state index in [1.165, 1.54) is 7.11 Å². The molecular formula is C4H7ClO3S. The Morgan fingerprint density at radius 2 is 2.44 bits per heavy atom. The van der Waals surface area contributed by atoms with Crippen molar-refractivity contribution in [2.45, 2.75) is 6.42 Å². The molecule has 0 saturated carbocycles. The standard InChI is InChI=1S/C4H7ClO3S/c1-8-4(6)2-3-9(5)7/h2-3H2,1H3. The van der Waals surface area contributed by atoms with Crippen molar-refractivity contribution in [3.63, 3.8) is 0 Å². The lowest BCUT2D eigenvalue weighted by atomic mass is 10.5. The minimum Gasteiger partial charge on any atom is -0.599 e. The Bertz CT molecular complexity index is 95.8. The van der Waals surface area contributed by atoms with E-state index in [-0.39, 0.29) is 18.1 Å². The van der Waals surface area contributed by atoms with Gasteiger partial charge >= 0.3 is 5.97 Å². The van der Waals surface area contributed by atoms with Gasteiger partial charge in [0.05, 0.1) is 23.9 Å². The second kappa shape index (κ2) is 4.90. The van der Waals surface area contributed by atoms with E-state index in [1.807, 2.05) is 0 Å². The summed E-state index contributed by atoms with van der Waals surface area (Å²) in [5.74, 6) is -0.224. The Morgan fingerprint density at radius 1 is 1.89 bits per heavy atom. The van der Waals surface area contributed by atoms with Crippen LogP contribution in [0, 0.1) is 0 Å². The molecule has 54 valence electrons. The van der Waals surface area contributed by atoms with Crippen LogP contribution in [0.1, 0.15) is 6.42 Å². The predicted octanol–water partition coefficient (Wildman–Crippen LogP) is 0.452. The Hall–Kier alpha value is 0.0700. The average Bonchev–Trinajstić information content (AvgIpc) is 1.83. The van der Waals surface area contributed by atoms with Crippen molar-refractivity contribution in [1.29, 1.82) is 0 Å². The molecule has 9 heavy (non-hydrogen) atoms.